The highest BCUT2D eigenvalue weighted by molar-refractivity contribution is 5.84. The Morgan fingerprint density at radius 3 is 2.38 bits per heavy atom. The van der Waals surface area contributed by atoms with E-state index in [0.29, 0.717) is 0 Å². The molecule has 1 heterocycles. The molecule has 1 aliphatic rings. The van der Waals surface area contributed by atoms with Crippen molar-refractivity contribution in [2.45, 2.75) is 13.0 Å². The Bertz CT molecular complexity index is 262. The Morgan fingerprint density at radius 2 is 1.88 bits per heavy atom. The number of likely N-dealkylation sites (N-methyl/N-ethyl adjacent to an activating group) is 1. The van der Waals surface area contributed by atoms with Crippen LogP contribution in [0.1, 0.15) is 6.92 Å². The summed E-state index contributed by atoms with van der Waals surface area (Å²) >= 11 is 0. The highest BCUT2D eigenvalue weighted by atomic mass is 16.4. The van der Waals surface area contributed by atoms with Gasteiger partial charge < -0.3 is 15.3 Å². The smallest absolute Gasteiger partial charge is 0.325 e. The molecule has 1 rings (SSSR count). The molecule has 1 saturated heterocycles. The third-order valence-electron chi connectivity index (χ3n) is 2.71. The van der Waals surface area contributed by atoms with Crippen LogP contribution in [0.25, 0.3) is 0 Å². The van der Waals surface area contributed by atoms with E-state index >= 15 is 0 Å². The van der Waals surface area contributed by atoms with E-state index in [-0.39, 0.29) is 12.5 Å². The van der Waals surface area contributed by atoms with E-state index in [2.05, 4.69) is 10.2 Å². The normalized spacial score (nSPS) is 20.4. The monoisotopic (exact) mass is 229 g/mol. The molecule has 6 heteroatoms. The van der Waals surface area contributed by atoms with Gasteiger partial charge in [0.1, 0.15) is 6.04 Å². The van der Waals surface area contributed by atoms with Gasteiger partial charge in [-0.15, -0.1) is 0 Å². The van der Waals surface area contributed by atoms with Gasteiger partial charge in [0.25, 0.3) is 0 Å². The maximum Gasteiger partial charge on any atom is 0.325 e. The second kappa shape index (κ2) is 5.81. The van der Waals surface area contributed by atoms with Crippen LogP contribution < -0.4 is 5.32 Å². The quantitative estimate of drug-likeness (QED) is 0.635. The molecule has 0 radical (unpaired) electrons. The van der Waals surface area contributed by atoms with E-state index in [0.717, 1.165) is 26.2 Å². The lowest BCUT2D eigenvalue weighted by Gasteiger charge is -2.31. The van der Waals surface area contributed by atoms with Gasteiger partial charge in [-0.2, -0.15) is 0 Å². The fraction of sp³-hybridized carbons (Fsp3) is 0.800. The van der Waals surface area contributed by atoms with Gasteiger partial charge in [0.05, 0.1) is 6.54 Å². The Balaban J connectivity index is 2.26. The van der Waals surface area contributed by atoms with Crippen molar-refractivity contribution >= 4 is 11.9 Å². The van der Waals surface area contributed by atoms with Gasteiger partial charge in [-0.25, -0.2) is 0 Å². The minimum absolute atomic E-state index is 0.223. The number of hydrogen-bond acceptors (Lipinski definition) is 4. The van der Waals surface area contributed by atoms with Crippen LogP contribution in [0.4, 0.5) is 0 Å². The molecule has 92 valence electrons. The molecule has 0 aromatic carbocycles. The molecular formula is C10H19N3O3. The molecule has 1 aliphatic heterocycles. The zero-order chi connectivity index (χ0) is 12.1. The summed E-state index contributed by atoms with van der Waals surface area (Å²) in [5.74, 6) is -1.23. The number of aliphatic carboxylic acids is 1. The number of piperazine rings is 1. The van der Waals surface area contributed by atoms with E-state index in [4.69, 9.17) is 5.11 Å². The van der Waals surface area contributed by atoms with Crippen molar-refractivity contribution in [1.29, 1.82) is 0 Å². The molecule has 0 aromatic rings. The molecule has 0 spiro atoms. The first-order valence-electron chi connectivity index (χ1n) is 5.42. The van der Waals surface area contributed by atoms with Crippen LogP contribution in [0.5, 0.6) is 0 Å². The number of nitrogens with zero attached hydrogens (tertiary/aromatic N) is 2. The number of rotatable bonds is 4. The number of hydrogen-bond donors (Lipinski definition) is 2. The highest BCUT2D eigenvalue weighted by Gasteiger charge is 2.19. The van der Waals surface area contributed by atoms with Crippen LogP contribution in [0.2, 0.25) is 0 Å². The second-order valence-electron chi connectivity index (χ2n) is 4.21. The zero-order valence-electron chi connectivity index (χ0n) is 9.77. The van der Waals surface area contributed by atoms with Gasteiger partial charge in [-0.1, -0.05) is 0 Å². The van der Waals surface area contributed by atoms with Crippen molar-refractivity contribution < 1.29 is 14.7 Å². The molecule has 6 nitrogen and oxygen atoms in total. The van der Waals surface area contributed by atoms with Crippen LogP contribution >= 0.6 is 0 Å². The van der Waals surface area contributed by atoms with Crippen molar-refractivity contribution in [3.63, 3.8) is 0 Å². The van der Waals surface area contributed by atoms with Gasteiger partial charge in [0.2, 0.25) is 5.91 Å². The number of carboxylic acids is 1. The number of amides is 1. The lowest BCUT2D eigenvalue weighted by molar-refractivity contribution is -0.141. The third kappa shape index (κ3) is 4.16. The van der Waals surface area contributed by atoms with E-state index in [9.17, 15) is 9.59 Å². The molecule has 0 aliphatic carbocycles. The second-order valence-corrected chi connectivity index (χ2v) is 4.21. The molecule has 0 saturated carbocycles. The average Bonchev–Trinajstić information content (AvgIpc) is 2.21. The van der Waals surface area contributed by atoms with Crippen LogP contribution in [-0.4, -0.2) is 72.6 Å². The SMILES string of the molecule is CC(NC(=O)CN1CCN(C)CC1)C(=O)O. The molecular weight excluding hydrogens is 210 g/mol. The van der Waals surface area contributed by atoms with E-state index in [1.54, 1.807) is 0 Å². The molecule has 1 fully saturated rings. The van der Waals surface area contributed by atoms with Crippen molar-refractivity contribution in [1.82, 2.24) is 15.1 Å². The lowest BCUT2D eigenvalue weighted by Crippen LogP contribution is -2.50. The molecule has 1 unspecified atom stereocenters. The van der Waals surface area contributed by atoms with E-state index in [1.807, 2.05) is 11.9 Å². The fourth-order valence-corrected chi connectivity index (χ4v) is 1.56. The topological polar surface area (TPSA) is 72.9 Å². The van der Waals surface area contributed by atoms with Crippen molar-refractivity contribution in [2.24, 2.45) is 0 Å². The van der Waals surface area contributed by atoms with E-state index < -0.39 is 12.0 Å². The predicted molar refractivity (Wildman–Crippen MR) is 59.2 cm³/mol. The molecule has 1 atom stereocenters. The fourth-order valence-electron chi connectivity index (χ4n) is 1.56. The van der Waals surface area contributed by atoms with Crippen molar-refractivity contribution in [3.05, 3.63) is 0 Å². The average molecular weight is 229 g/mol. The number of carbonyl (C=O) groups excluding carboxylic acids is 1. The minimum atomic E-state index is -1.01. The summed E-state index contributed by atoms with van der Waals surface area (Å²) < 4.78 is 0. The summed E-state index contributed by atoms with van der Waals surface area (Å²) in [4.78, 5) is 26.2. The number of nitrogens with one attached hydrogen (secondary N) is 1. The standard InChI is InChI=1S/C10H19N3O3/c1-8(10(15)16)11-9(14)7-13-5-3-12(2)4-6-13/h8H,3-7H2,1-2H3,(H,11,14)(H,15,16). The van der Waals surface area contributed by atoms with Crippen LogP contribution in [0.15, 0.2) is 0 Å². The molecule has 16 heavy (non-hydrogen) atoms. The maximum absolute atomic E-state index is 11.5. The Labute approximate surface area is 95.2 Å². The Kier molecular flexibility index (Phi) is 4.70. The lowest BCUT2D eigenvalue weighted by atomic mass is 10.3. The van der Waals surface area contributed by atoms with Crippen LogP contribution in [0, 0.1) is 0 Å². The van der Waals surface area contributed by atoms with Gasteiger partial charge in [-0.05, 0) is 14.0 Å². The van der Waals surface area contributed by atoms with Gasteiger partial charge in [0.15, 0.2) is 0 Å². The first kappa shape index (κ1) is 12.9. The molecule has 1 amide bonds. The van der Waals surface area contributed by atoms with Crippen LogP contribution in [0.3, 0.4) is 0 Å². The molecule has 2 N–H and O–H groups in total. The minimum Gasteiger partial charge on any atom is -0.480 e. The first-order chi connectivity index (χ1) is 7.49. The predicted octanol–water partition coefficient (Wildman–Crippen LogP) is -1.18. The van der Waals surface area contributed by atoms with Gasteiger partial charge in [0, 0.05) is 26.2 Å². The summed E-state index contributed by atoms with van der Waals surface area (Å²) in [6.07, 6.45) is 0. The van der Waals surface area contributed by atoms with E-state index in [1.165, 1.54) is 6.92 Å². The van der Waals surface area contributed by atoms with Crippen molar-refractivity contribution in [3.8, 4) is 0 Å². The summed E-state index contributed by atoms with van der Waals surface area (Å²) in [5.41, 5.74) is 0. The van der Waals surface area contributed by atoms with Gasteiger partial charge in [-0.3, -0.25) is 14.5 Å². The number of carbonyl (C=O) groups is 2. The summed E-state index contributed by atoms with van der Waals surface area (Å²) in [7, 11) is 2.05. The third-order valence-corrected chi connectivity index (χ3v) is 2.71. The van der Waals surface area contributed by atoms with Gasteiger partial charge >= 0.3 is 5.97 Å². The Hall–Kier alpha value is -1.14. The Morgan fingerprint density at radius 1 is 1.31 bits per heavy atom. The first-order valence-corrected chi connectivity index (χ1v) is 5.42. The largest absolute Gasteiger partial charge is 0.480 e. The summed E-state index contributed by atoms with van der Waals surface area (Å²) in [6, 6.07) is -0.819. The van der Waals surface area contributed by atoms with Crippen molar-refractivity contribution in [2.75, 3.05) is 39.8 Å². The molecule has 0 bridgehead atoms. The number of carboxylic acid groups (broad SMARTS) is 1. The molecule has 0 aromatic heterocycles. The zero-order valence-corrected chi connectivity index (χ0v) is 9.77. The van der Waals surface area contributed by atoms with Crippen LogP contribution in [-0.2, 0) is 9.59 Å². The summed E-state index contributed by atoms with van der Waals surface area (Å²) in [5, 5.41) is 11.1. The maximum atomic E-state index is 11.5. The summed E-state index contributed by atoms with van der Waals surface area (Å²) in [6.45, 7) is 5.34. The highest BCUT2D eigenvalue weighted by Crippen LogP contribution is 1.98.